The van der Waals surface area contributed by atoms with Gasteiger partial charge in [-0.1, -0.05) is 23.7 Å². The molecule has 0 spiro atoms. The molecule has 0 aliphatic heterocycles. The van der Waals surface area contributed by atoms with Crippen molar-refractivity contribution in [1.82, 2.24) is 5.32 Å². The van der Waals surface area contributed by atoms with Gasteiger partial charge in [0.2, 0.25) is 0 Å². The normalized spacial score (nSPS) is 11.1. The quantitative estimate of drug-likeness (QED) is 0.635. The number of benzene rings is 2. The Balaban J connectivity index is 2.01. The third kappa shape index (κ3) is 5.18. The van der Waals surface area contributed by atoms with Gasteiger partial charge >= 0.3 is 18.0 Å². The first-order valence-electron chi connectivity index (χ1n) is 6.87. The van der Waals surface area contributed by atoms with Gasteiger partial charge in [0, 0.05) is 6.54 Å². The van der Waals surface area contributed by atoms with E-state index < -0.39 is 29.4 Å². The van der Waals surface area contributed by atoms with Crippen LogP contribution >= 0.6 is 11.6 Å². The van der Waals surface area contributed by atoms with Crippen LogP contribution in [0.15, 0.2) is 42.5 Å². The van der Waals surface area contributed by atoms with Gasteiger partial charge in [0.05, 0.1) is 16.3 Å². The van der Waals surface area contributed by atoms with Crippen molar-refractivity contribution >= 4 is 29.1 Å². The molecule has 4 nitrogen and oxygen atoms in total. The number of halogens is 5. The summed E-state index contributed by atoms with van der Waals surface area (Å²) in [5.74, 6) is -2.70. The lowest BCUT2D eigenvalue weighted by Gasteiger charge is -2.11. The minimum absolute atomic E-state index is 0.0527. The van der Waals surface area contributed by atoms with Gasteiger partial charge in [-0.15, -0.1) is 0 Å². The van der Waals surface area contributed by atoms with E-state index in [4.69, 9.17) is 11.6 Å². The lowest BCUT2D eigenvalue weighted by atomic mass is 10.2. The fourth-order valence-electron chi connectivity index (χ4n) is 1.84. The topological polar surface area (TPSA) is 58.2 Å². The molecule has 0 bridgehead atoms. The first-order chi connectivity index (χ1) is 11.7. The van der Waals surface area contributed by atoms with Crippen LogP contribution in [-0.2, 0) is 22.3 Å². The van der Waals surface area contributed by atoms with Crippen LogP contribution in [0.1, 0.15) is 11.1 Å². The first-order valence-corrected chi connectivity index (χ1v) is 7.25. The fourth-order valence-corrected chi connectivity index (χ4v) is 2.01. The van der Waals surface area contributed by atoms with Gasteiger partial charge in [-0.3, -0.25) is 9.59 Å². The van der Waals surface area contributed by atoms with E-state index in [1.165, 1.54) is 24.3 Å². The predicted octanol–water partition coefficient (Wildman–Crippen LogP) is 3.75. The van der Waals surface area contributed by atoms with Crippen LogP contribution in [0.5, 0.6) is 0 Å². The Hall–Kier alpha value is -2.61. The minimum atomic E-state index is -4.62. The second-order valence-electron chi connectivity index (χ2n) is 4.96. The van der Waals surface area contributed by atoms with Crippen LogP contribution in [0.4, 0.5) is 23.2 Å². The third-order valence-electron chi connectivity index (χ3n) is 3.11. The molecule has 0 unspecified atom stereocenters. The Morgan fingerprint density at radius 1 is 1.00 bits per heavy atom. The molecule has 2 rings (SSSR count). The molecule has 0 atom stereocenters. The summed E-state index contributed by atoms with van der Waals surface area (Å²) in [6.45, 7) is -0.0527. The number of nitrogens with one attached hydrogen (secondary N) is 2. The number of hydrogen-bond acceptors (Lipinski definition) is 2. The molecule has 2 N–H and O–H groups in total. The maximum absolute atomic E-state index is 12.8. The van der Waals surface area contributed by atoms with Gasteiger partial charge in [0.15, 0.2) is 0 Å². The van der Waals surface area contributed by atoms with Crippen molar-refractivity contribution in [3.63, 3.8) is 0 Å². The van der Waals surface area contributed by atoms with E-state index in [1.54, 1.807) is 0 Å². The van der Waals surface area contributed by atoms with Crippen LogP contribution in [0, 0.1) is 5.82 Å². The van der Waals surface area contributed by atoms with Crippen LogP contribution < -0.4 is 10.6 Å². The van der Waals surface area contributed by atoms with Crippen molar-refractivity contribution in [2.75, 3.05) is 5.32 Å². The molecule has 0 saturated carbocycles. The molecular weight excluding hydrogens is 364 g/mol. The van der Waals surface area contributed by atoms with E-state index in [0.717, 1.165) is 12.1 Å². The van der Waals surface area contributed by atoms with Gasteiger partial charge < -0.3 is 10.6 Å². The van der Waals surface area contributed by atoms with Crippen LogP contribution in [0.25, 0.3) is 0 Å². The summed E-state index contributed by atoms with van der Waals surface area (Å²) in [7, 11) is 0. The largest absolute Gasteiger partial charge is 0.416 e. The van der Waals surface area contributed by atoms with Gasteiger partial charge in [-0.05, 0) is 35.9 Å². The molecule has 0 saturated heterocycles. The maximum atomic E-state index is 12.8. The molecule has 2 amide bonds. The smallest absolute Gasteiger partial charge is 0.344 e. The average molecular weight is 375 g/mol. The highest BCUT2D eigenvalue weighted by molar-refractivity contribution is 6.41. The Kier molecular flexibility index (Phi) is 5.63. The van der Waals surface area contributed by atoms with Gasteiger partial charge in [0.25, 0.3) is 0 Å². The molecule has 0 aliphatic rings. The number of alkyl halides is 3. The molecule has 0 aromatic heterocycles. The number of hydrogen-bond donors (Lipinski definition) is 2. The van der Waals surface area contributed by atoms with Crippen LogP contribution in [-0.4, -0.2) is 11.8 Å². The van der Waals surface area contributed by atoms with Crippen molar-refractivity contribution in [3.8, 4) is 0 Å². The summed E-state index contributed by atoms with van der Waals surface area (Å²) in [5, 5.41) is 4.14. The van der Waals surface area contributed by atoms with E-state index in [0.29, 0.717) is 11.6 Å². The minimum Gasteiger partial charge on any atom is -0.344 e. The molecule has 0 fully saturated rings. The molecule has 2 aromatic rings. The number of carbonyl (C=O) groups is 2. The van der Waals surface area contributed by atoms with Crippen LogP contribution in [0.3, 0.4) is 0 Å². The lowest BCUT2D eigenvalue weighted by Crippen LogP contribution is -2.35. The van der Waals surface area contributed by atoms with E-state index in [-0.39, 0.29) is 17.3 Å². The molecule has 132 valence electrons. The SMILES string of the molecule is O=C(NCc1ccc(F)cc1)C(=O)Nc1cc(C(F)(F)F)ccc1Cl. The average Bonchev–Trinajstić information content (AvgIpc) is 2.55. The Morgan fingerprint density at radius 3 is 2.24 bits per heavy atom. The van der Waals surface area contributed by atoms with E-state index in [9.17, 15) is 27.2 Å². The standard InChI is InChI=1S/C16H11ClF4N2O2/c17-12-6-3-10(16(19,20)21)7-13(12)23-15(25)14(24)22-8-9-1-4-11(18)5-2-9/h1-7H,8H2,(H,22,24)(H,23,25). The van der Waals surface area contributed by atoms with E-state index in [2.05, 4.69) is 5.32 Å². The summed E-state index contributed by atoms with van der Waals surface area (Å²) < 4.78 is 50.8. The molecule has 9 heteroatoms. The number of anilines is 1. The zero-order chi connectivity index (χ0) is 18.6. The number of amides is 2. The van der Waals surface area contributed by atoms with Crippen molar-refractivity contribution in [3.05, 3.63) is 64.4 Å². The maximum Gasteiger partial charge on any atom is 0.416 e. The monoisotopic (exact) mass is 374 g/mol. The molecule has 0 aliphatic carbocycles. The molecule has 25 heavy (non-hydrogen) atoms. The second kappa shape index (κ2) is 7.52. The Labute approximate surface area is 144 Å². The highest BCUT2D eigenvalue weighted by Gasteiger charge is 2.31. The summed E-state index contributed by atoms with van der Waals surface area (Å²) in [4.78, 5) is 23.5. The number of carbonyl (C=O) groups excluding carboxylic acids is 2. The Bertz CT molecular complexity index is 792. The van der Waals surface area contributed by atoms with Crippen LogP contribution in [0.2, 0.25) is 5.02 Å². The summed E-state index contributed by atoms with van der Waals surface area (Å²) >= 11 is 5.73. The molecule has 0 heterocycles. The number of rotatable bonds is 3. The summed E-state index contributed by atoms with van der Waals surface area (Å²) in [6, 6.07) is 7.55. The molecule has 2 aromatic carbocycles. The zero-order valence-electron chi connectivity index (χ0n) is 12.5. The Morgan fingerprint density at radius 2 is 1.64 bits per heavy atom. The lowest BCUT2D eigenvalue weighted by molar-refractivity contribution is -0.137. The van der Waals surface area contributed by atoms with Crippen molar-refractivity contribution in [2.45, 2.75) is 12.7 Å². The van der Waals surface area contributed by atoms with E-state index in [1.807, 2.05) is 5.32 Å². The van der Waals surface area contributed by atoms with Crippen molar-refractivity contribution in [2.24, 2.45) is 0 Å². The van der Waals surface area contributed by atoms with E-state index >= 15 is 0 Å². The van der Waals surface area contributed by atoms with Gasteiger partial charge in [-0.25, -0.2) is 4.39 Å². The van der Waals surface area contributed by atoms with Gasteiger partial charge in [0.1, 0.15) is 5.82 Å². The van der Waals surface area contributed by atoms with Gasteiger partial charge in [-0.2, -0.15) is 13.2 Å². The highest BCUT2D eigenvalue weighted by atomic mass is 35.5. The van der Waals surface area contributed by atoms with Crippen molar-refractivity contribution in [1.29, 1.82) is 0 Å². The highest BCUT2D eigenvalue weighted by Crippen LogP contribution is 2.33. The summed E-state index contributed by atoms with van der Waals surface area (Å²) in [5.41, 5.74) is -0.808. The van der Waals surface area contributed by atoms with Crippen molar-refractivity contribution < 1.29 is 27.2 Å². The fraction of sp³-hybridized carbons (Fsp3) is 0.125. The molecule has 0 radical (unpaired) electrons. The first kappa shape index (κ1) is 18.7. The third-order valence-corrected chi connectivity index (χ3v) is 3.44. The molecular formula is C16H11ClF4N2O2. The predicted molar refractivity (Wildman–Crippen MR) is 83.3 cm³/mol. The summed E-state index contributed by atoms with van der Waals surface area (Å²) in [6.07, 6.45) is -4.62. The zero-order valence-corrected chi connectivity index (χ0v) is 13.2. The second-order valence-corrected chi connectivity index (χ2v) is 5.36.